The van der Waals surface area contributed by atoms with Gasteiger partial charge >= 0.3 is 0 Å². The lowest BCUT2D eigenvalue weighted by Gasteiger charge is -2.30. The number of amides is 1. The Morgan fingerprint density at radius 3 is 2.71 bits per heavy atom. The van der Waals surface area contributed by atoms with Gasteiger partial charge in [0, 0.05) is 25.2 Å². The predicted molar refractivity (Wildman–Crippen MR) is 112 cm³/mol. The second-order valence-corrected chi connectivity index (χ2v) is 9.85. The van der Waals surface area contributed by atoms with Crippen molar-refractivity contribution in [3.8, 4) is 0 Å². The smallest absolute Gasteiger partial charge is 0.287 e. The van der Waals surface area contributed by atoms with Gasteiger partial charge in [-0.15, -0.1) is 0 Å². The van der Waals surface area contributed by atoms with Gasteiger partial charge in [0.2, 0.25) is 0 Å². The minimum Gasteiger partial charge on any atom is -0.449 e. The van der Waals surface area contributed by atoms with E-state index in [4.69, 9.17) is 9.15 Å². The Bertz CT molecular complexity index is 1140. The number of fused-ring (bicyclic) bond motifs is 1. The molecule has 0 bridgehead atoms. The van der Waals surface area contributed by atoms with Crippen molar-refractivity contribution >= 4 is 26.7 Å². The molecule has 3 unspecified atom stereocenters. The number of sulfone groups is 1. The summed E-state index contributed by atoms with van der Waals surface area (Å²) in [5.41, 5.74) is 1.26. The number of nitrogens with one attached hydrogen (secondary N) is 1. The molecule has 3 aromatic rings. The number of ether oxygens (including phenoxy) is 1. The Labute approximate surface area is 179 Å². The summed E-state index contributed by atoms with van der Waals surface area (Å²) in [6.45, 7) is 0.208. The number of hydrogen-bond acceptors (Lipinski definition) is 6. The van der Waals surface area contributed by atoms with Crippen LogP contribution >= 0.6 is 0 Å². The quantitative estimate of drug-likeness (QED) is 0.623. The minimum absolute atomic E-state index is 0.0638. The maximum absolute atomic E-state index is 14.2. The van der Waals surface area contributed by atoms with Crippen molar-refractivity contribution in [2.75, 3.05) is 7.11 Å². The van der Waals surface area contributed by atoms with Crippen LogP contribution in [0.1, 0.15) is 35.4 Å². The molecule has 1 aliphatic rings. The summed E-state index contributed by atoms with van der Waals surface area (Å²) < 4.78 is 50.5. The Hall–Kier alpha value is -2.78. The summed E-state index contributed by atoms with van der Waals surface area (Å²) in [5.74, 6) is -0.202. The first-order chi connectivity index (χ1) is 14.9. The molecule has 1 saturated carbocycles. The van der Waals surface area contributed by atoms with Crippen LogP contribution in [0.2, 0.25) is 0 Å². The van der Waals surface area contributed by atoms with Crippen molar-refractivity contribution in [3.05, 3.63) is 60.1 Å². The molecule has 1 N–H and O–H groups in total. The van der Waals surface area contributed by atoms with Crippen LogP contribution in [-0.4, -0.2) is 43.9 Å². The van der Waals surface area contributed by atoms with E-state index in [2.05, 4.69) is 10.3 Å². The van der Waals surface area contributed by atoms with E-state index < -0.39 is 27.4 Å². The summed E-state index contributed by atoms with van der Waals surface area (Å²) in [6, 6.07) is 9.67. The van der Waals surface area contributed by atoms with Gasteiger partial charge < -0.3 is 14.5 Å². The Morgan fingerprint density at radius 2 is 2.03 bits per heavy atom. The summed E-state index contributed by atoms with van der Waals surface area (Å²) >= 11 is 0. The third-order valence-corrected chi connectivity index (χ3v) is 7.89. The number of carbonyl (C=O) groups excluding carboxylic acids is 1. The van der Waals surface area contributed by atoms with Crippen LogP contribution in [-0.2, 0) is 21.1 Å². The van der Waals surface area contributed by atoms with Crippen LogP contribution in [0.15, 0.2) is 58.1 Å². The summed E-state index contributed by atoms with van der Waals surface area (Å²) in [5, 5.41) is 2.77. The van der Waals surface area contributed by atoms with Crippen LogP contribution in [0, 0.1) is 0 Å². The summed E-state index contributed by atoms with van der Waals surface area (Å²) in [6.07, 6.45) is 2.01. The lowest BCUT2D eigenvalue weighted by atomic mass is 9.95. The molecule has 1 aliphatic carbocycles. The molecule has 1 amide bonds. The minimum atomic E-state index is -3.64. The monoisotopic (exact) mass is 446 g/mol. The molecule has 9 heteroatoms. The fourth-order valence-electron chi connectivity index (χ4n) is 3.85. The molecule has 0 aliphatic heterocycles. The van der Waals surface area contributed by atoms with Gasteiger partial charge in [0.05, 0.1) is 22.4 Å². The summed E-state index contributed by atoms with van der Waals surface area (Å²) in [4.78, 5) is 16.4. The number of nitrogens with zero attached hydrogens (tertiary/aromatic N) is 1. The largest absolute Gasteiger partial charge is 0.449 e. The van der Waals surface area contributed by atoms with Crippen molar-refractivity contribution in [3.63, 3.8) is 0 Å². The van der Waals surface area contributed by atoms with E-state index in [0.717, 1.165) is 10.9 Å². The molecular weight excluding hydrogens is 423 g/mol. The lowest BCUT2D eigenvalue weighted by Crippen LogP contribution is -2.38. The van der Waals surface area contributed by atoms with E-state index in [-0.39, 0.29) is 29.5 Å². The van der Waals surface area contributed by atoms with E-state index >= 15 is 0 Å². The third kappa shape index (κ3) is 4.47. The van der Waals surface area contributed by atoms with E-state index in [9.17, 15) is 17.6 Å². The zero-order chi connectivity index (χ0) is 22.0. The van der Waals surface area contributed by atoms with E-state index in [1.165, 1.54) is 25.4 Å². The van der Waals surface area contributed by atoms with Crippen LogP contribution in [0.3, 0.4) is 0 Å². The van der Waals surface area contributed by atoms with E-state index in [1.54, 1.807) is 30.5 Å². The molecule has 7 nitrogen and oxygen atoms in total. The highest BCUT2D eigenvalue weighted by Crippen LogP contribution is 2.31. The average molecular weight is 447 g/mol. The molecule has 2 heterocycles. The number of hydrogen-bond donors (Lipinski definition) is 1. The molecule has 31 heavy (non-hydrogen) atoms. The maximum atomic E-state index is 14.2. The highest BCUT2D eigenvalue weighted by molar-refractivity contribution is 7.92. The summed E-state index contributed by atoms with van der Waals surface area (Å²) in [7, 11) is -2.20. The average Bonchev–Trinajstić information content (AvgIpc) is 3.22. The molecule has 4 rings (SSSR count). The zero-order valence-electron chi connectivity index (χ0n) is 17.0. The van der Waals surface area contributed by atoms with Gasteiger partial charge in [-0.2, -0.15) is 0 Å². The highest BCUT2D eigenvalue weighted by atomic mass is 32.2. The number of rotatable bonds is 6. The van der Waals surface area contributed by atoms with Gasteiger partial charge in [0.25, 0.3) is 5.91 Å². The fourth-order valence-corrected chi connectivity index (χ4v) is 5.64. The first kappa shape index (κ1) is 21.5. The third-order valence-electron chi connectivity index (χ3n) is 5.66. The maximum Gasteiger partial charge on any atom is 0.287 e. The molecule has 164 valence electrons. The van der Waals surface area contributed by atoms with Crippen molar-refractivity contribution in [2.45, 2.75) is 48.2 Å². The number of aromatic nitrogens is 1. The van der Waals surface area contributed by atoms with Crippen molar-refractivity contribution in [1.82, 2.24) is 10.3 Å². The Balaban J connectivity index is 1.39. The second-order valence-electron chi connectivity index (χ2n) is 7.62. The predicted octanol–water partition coefficient (Wildman–Crippen LogP) is 3.44. The highest BCUT2D eigenvalue weighted by Gasteiger charge is 2.38. The topological polar surface area (TPSA) is 98.5 Å². The molecular formula is C22H23FN2O5S. The van der Waals surface area contributed by atoms with Crippen molar-refractivity contribution in [2.24, 2.45) is 0 Å². The molecule has 1 aromatic carbocycles. The number of halogens is 1. The molecule has 3 atom stereocenters. The van der Waals surface area contributed by atoms with Gasteiger partial charge in [-0.3, -0.25) is 9.78 Å². The number of alkyl halides is 1. The molecule has 2 aromatic heterocycles. The lowest BCUT2D eigenvalue weighted by molar-refractivity contribution is 0.00681. The second kappa shape index (κ2) is 8.76. The number of carbonyl (C=O) groups is 1. The van der Waals surface area contributed by atoms with E-state index in [1.807, 2.05) is 0 Å². The van der Waals surface area contributed by atoms with Crippen LogP contribution < -0.4 is 5.32 Å². The van der Waals surface area contributed by atoms with Gasteiger partial charge in [-0.25, -0.2) is 12.8 Å². The number of furan rings is 1. The van der Waals surface area contributed by atoms with Crippen molar-refractivity contribution in [1.29, 1.82) is 0 Å². The van der Waals surface area contributed by atoms with E-state index in [0.29, 0.717) is 18.4 Å². The zero-order valence-corrected chi connectivity index (χ0v) is 17.8. The molecule has 0 spiro atoms. The Kier molecular flexibility index (Phi) is 6.06. The van der Waals surface area contributed by atoms with Crippen molar-refractivity contribution < 1.29 is 26.8 Å². The fraction of sp³-hybridized carbons (Fsp3) is 0.364. The SMILES string of the molecule is COC1CCC(S(=O)(=O)c2ccc(CNC(=O)c3cc4ccncc4o3)cc2)CC1F. The first-order valence-electron chi connectivity index (χ1n) is 10.00. The molecule has 0 radical (unpaired) electrons. The molecule has 1 fully saturated rings. The van der Waals surface area contributed by atoms with Crippen LogP contribution in [0.5, 0.6) is 0 Å². The van der Waals surface area contributed by atoms with Gasteiger partial charge in [-0.1, -0.05) is 12.1 Å². The molecule has 0 saturated heterocycles. The Morgan fingerprint density at radius 1 is 1.26 bits per heavy atom. The standard InChI is InChI=1S/C22H23FN2O5S/c1-29-19-7-6-17(11-18(19)23)31(27,28)16-4-2-14(3-5-16)12-25-22(26)20-10-15-8-9-24-13-21(15)30-20/h2-5,8-10,13,17-19H,6-7,11-12H2,1H3,(H,25,26). The van der Waals surface area contributed by atoms with Gasteiger partial charge in [0.15, 0.2) is 21.2 Å². The first-order valence-corrected chi connectivity index (χ1v) is 11.5. The van der Waals surface area contributed by atoms with Gasteiger partial charge in [0.1, 0.15) is 6.17 Å². The van der Waals surface area contributed by atoms with Crippen LogP contribution in [0.25, 0.3) is 11.0 Å². The van der Waals surface area contributed by atoms with Crippen LogP contribution in [0.4, 0.5) is 4.39 Å². The normalized spacial score (nSPS) is 21.8. The number of pyridine rings is 1. The number of benzene rings is 1. The number of methoxy groups -OCH3 is 1. The van der Waals surface area contributed by atoms with Gasteiger partial charge in [-0.05, 0) is 49.1 Å².